The lowest BCUT2D eigenvalue weighted by atomic mass is 10.2. The number of likely N-dealkylation sites (N-methyl/N-ethyl adjacent to an activating group) is 1. The van der Waals surface area contributed by atoms with Crippen LogP contribution in [0.25, 0.3) is 11.1 Å². The topological polar surface area (TPSA) is 87.7 Å². The number of fused-ring (bicyclic) bond motifs is 1. The van der Waals surface area contributed by atoms with Crippen molar-refractivity contribution in [2.24, 2.45) is 7.05 Å². The summed E-state index contributed by atoms with van der Waals surface area (Å²) < 4.78 is 7.53. The Morgan fingerprint density at radius 1 is 1.30 bits per heavy atom. The van der Waals surface area contributed by atoms with E-state index < -0.39 is 12.0 Å². The third-order valence-electron chi connectivity index (χ3n) is 5.29. The first-order chi connectivity index (χ1) is 15.8. The van der Waals surface area contributed by atoms with Crippen molar-refractivity contribution in [1.29, 1.82) is 0 Å². The van der Waals surface area contributed by atoms with Gasteiger partial charge in [0.1, 0.15) is 17.4 Å². The molecule has 1 aromatic carbocycles. The molecule has 4 aromatic rings. The summed E-state index contributed by atoms with van der Waals surface area (Å²) >= 11 is 7.40. The SMILES string of the molecule is CN(Cc1cc2c(=O)c(C(=O)NCc3ccc(Cl)cc3)cn(C)c2o1)CC(O)c1cccs1. The minimum atomic E-state index is -0.596. The highest BCUT2D eigenvalue weighted by Crippen LogP contribution is 2.22. The summed E-state index contributed by atoms with van der Waals surface area (Å²) in [5, 5.41) is 16.0. The first kappa shape index (κ1) is 23.3. The number of aliphatic hydroxyl groups is 1. The van der Waals surface area contributed by atoms with Crippen LogP contribution in [-0.2, 0) is 20.1 Å². The largest absolute Gasteiger partial charge is 0.443 e. The molecule has 0 radical (unpaired) electrons. The van der Waals surface area contributed by atoms with Gasteiger partial charge < -0.3 is 19.4 Å². The Labute approximate surface area is 199 Å². The number of carbonyl (C=O) groups excluding carboxylic acids is 1. The van der Waals surface area contributed by atoms with Gasteiger partial charge in [0.25, 0.3) is 5.91 Å². The fourth-order valence-electron chi connectivity index (χ4n) is 3.63. The third kappa shape index (κ3) is 5.36. The van der Waals surface area contributed by atoms with Gasteiger partial charge in [-0.05, 0) is 42.3 Å². The van der Waals surface area contributed by atoms with E-state index in [-0.39, 0.29) is 17.5 Å². The third-order valence-corrected chi connectivity index (χ3v) is 6.51. The van der Waals surface area contributed by atoms with Crippen molar-refractivity contribution in [2.75, 3.05) is 13.6 Å². The number of carbonyl (C=O) groups is 1. The minimum Gasteiger partial charge on any atom is -0.443 e. The average Bonchev–Trinajstić information content (AvgIpc) is 3.46. The number of pyridine rings is 1. The Balaban J connectivity index is 1.49. The van der Waals surface area contributed by atoms with E-state index in [2.05, 4.69) is 5.32 Å². The molecular weight excluding hydrogens is 462 g/mol. The van der Waals surface area contributed by atoms with Gasteiger partial charge in [0.05, 0.1) is 11.9 Å². The maximum atomic E-state index is 13.0. The van der Waals surface area contributed by atoms with E-state index in [0.29, 0.717) is 35.0 Å². The van der Waals surface area contributed by atoms with Gasteiger partial charge in [0.15, 0.2) is 0 Å². The van der Waals surface area contributed by atoms with Crippen LogP contribution in [0, 0.1) is 0 Å². The predicted molar refractivity (Wildman–Crippen MR) is 130 cm³/mol. The van der Waals surface area contributed by atoms with Crippen molar-refractivity contribution in [3.63, 3.8) is 0 Å². The number of aryl methyl sites for hydroxylation is 1. The van der Waals surface area contributed by atoms with E-state index in [4.69, 9.17) is 16.0 Å². The van der Waals surface area contributed by atoms with Crippen LogP contribution in [0.3, 0.4) is 0 Å². The van der Waals surface area contributed by atoms with Crippen LogP contribution in [0.5, 0.6) is 0 Å². The second-order valence-corrected chi connectivity index (χ2v) is 9.37. The first-order valence-electron chi connectivity index (χ1n) is 10.4. The highest BCUT2D eigenvalue weighted by Gasteiger charge is 2.19. The van der Waals surface area contributed by atoms with Crippen LogP contribution in [0.1, 0.15) is 32.7 Å². The Kier molecular flexibility index (Phi) is 6.99. The summed E-state index contributed by atoms with van der Waals surface area (Å²) in [5.41, 5.74) is 0.946. The molecule has 1 unspecified atom stereocenters. The summed E-state index contributed by atoms with van der Waals surface area (Å²) in [6, 6.07) is 12.6. The van der Waals surface area contributed by atoms with Crippen LogP contribution in [0.4, 0.5) is 0 Å². The number of aliphatic hydroxyl groups excluding tert-OH is 1. The molecule has 0 bridgehead atoms. The molecular formula is C24H24ClN3O4S. The molecule has 0 aliphatic heterocycles. The summed E-state index contributed by atoms with van der Waals surface area (Å²) in [5.74, 6) is 0.128. The van der Waals surface area contributed by atoms with Crippen molar-refractivity contribution < 1.29 is 14.3 Å². The van der Waals surface area contributed by atoms with Gasteiger partial charge in [-0.2, -0.15) is 0 Å². The van der Waals surface area contributed by atoms with Crippen LogP contribution in [0.15, 0.2) is 63.3 Å². The molecule has 0 fully saturated rings. The lowest BCUT2D eigenvalue weighted by Crippen LogP contribution is -2.29. The van der Waals surface area contributed by atoms with Crippen molar-refractivity contribution in [3.05, 3.63) is 91.1 Å². The number of nitrogens with one attached hydrogen (secondary N) is 1. The van der Waals surface area contributed by atoms with E-state index in [9.17, 15) is 14.7 Å². The first-order valence-corrected chi connectivity index (χ1v) is 11.6. The lowest BCUT2D eigenvalue weighted by Gasteiger charge is -2.18. The lowest BCUT2D eigenvalue weighted by molar-refractivity contribution is 0.0949. The Morgan fingerprint density at radius 2 is 2.06 bits per heavy atom. The highest BCUT2D eigenvalue weighted by molar-refractivity contribution is 7.10. The summed E-state index contributed by atoms with van der Waals surface area (Å²) in [4.78, 5) is 28.5. The quantitative estimate of drug-likeness (QED) is 0.394. The van der Waals surface area contributed by atoms with Gasteiger partial charge in [-0.1, -0.05) is 29.8 Å². The second-order valence-electron chi connectivity index (χ2n) is 7.95. The second kappa shape index (κ2) is 9.93. The van der Waals surface area contributed by atoms with E-state index in [1.54, 1.807) is 29.8 Å². The van der Waals surface area contributed by atoms with Crippen LogP contribution >= 0.6 is 22.9 Å². The molecule has 1 atom stereocenters. The number of hydrogen-bond acceptors (Lipinski definition) is 6. The van der Waals surface area contributed by atoms with Crippen molar-refractivity contribution in [1.82, 2.24) is 14.8 Å². The molecule has 9 heteroatoms. The standard InChI is InChI=1S/C24H24ClN3O4S/c1-27(14-20(29)21-4-3-9-33-21)12-17-10-18-22(30)19(13-28(2)24(18)32-17)23(31)26-11-15-5-7-16(25)8-6-15/h3-10,13,20,29H,11-12,14H2,1-2H3,(H,26,31). The molecule has 33 heavy (non-hydrogen) atoms. The summed E-state index contributed by atoms with van der Waals surface area (Å²) in [7, 11) is 3.60. The monoisotopic (exact) mass is 485 g/mol. The number of hydrogen-bond donors (Lipinski definition) is 2. The van der Waals surface area contributed by atoms with Gasteiger partial charge >= 0.3 is 0 Å². The van der Waals surface area contributed by atoms with Crippen molar-refractivity contribution >= 4 is 39.9 Å². The number of halogens is 1. The van der Waals surface area contributed by atoms with Gasteiger partial charge in [-0.3, -0.25) is 14.5 Å². The summed E-state index contributed by atoms with van der Waals surface area (Å²) in [6.07, 6.45) is 0.890. The van der Waals surface area contributed by atoms with Gasteiger partial charge in [0.2, 0.25) is 11.1 Å². The molecule has 0 aliphatic carbocycles. The average molecular weight is 486 g/mol. The molecule has 0 spiro atoms. The zero-order valence-corrected chi connectivity index (χ0v) is 19.8. The predicted octanol–water partition coefficient (Wildman–Crippen LogP) is 3.94. The van der Waals surface area contributed by atoms with Gasteiger partial charge in [-0.25, -0.2) is 0 Å². The zero-order chi connectivity index (χ0) is 23.5. The zero-order valence-electron chi connectivity index (χ0n) is 18.2. The number of nitrogens with zero attached hydrogens (tertiary/aromatic N) is 2. The fraction of sp³-hybridized carbons (Fsp3) is 0.250. The van der Waals surface area contributed by atoms with E-state index in [0.717, 1.165) is 10.4 Å². The van der Waals surface area contributed by atoms with Crippen LogP contribution in [-0.4, -0.2) is 34.1 Å². The number of aromatic nitrogens is 1. The Morgan fingerprint density at radius 3 is 2.76 bits per heavy atom. The van der Waals surface area contributed by atoms with Crippen LogP contribution < -0.4 is 10.7 Å². The van der Waals surface area contributed by atoms with E-state index >= 15 is 0 Å². The maximum Gasteiger partial charge on any atom is 0.257 e. The molecule has 0 aliphatic rings. The van der Waals surface area contributed by atoms with Gasteiger partial charge in [0, 0.05) is 36.2 Å². The Hall–Kier alpha value is -2.91. The number of benzene rings is 1. The molecule has 0 saturated heterocycles. The molecule has 3 aromatic heterocycles. The van der Waals surface area contributed by atoms with E-state index in [1.807, 2.05) is 41.6 Å². The molecule has 1 amide bonds. The van der Waals surface area contributed by atoms with Crippen LogP contribution in [0.2, 0.25) is 5.02 Å². The molecule has 2 N–H and O–H groups in total. The number of furan rings is 1. The number of amides is 1. The van der Waals surface area contributed by atoms with Crippen molar-refractivity contribution in [3.8, 4) is 0 Å². The highest BCUT2D eigenvalue weighted by atomic mass is 35.5. The van der Waals surface area contributed by atoms with Gasteiger partial charge in [-0.15, -0.1) is 11.3 Å². The molecule has 7 nitrogen and oxygen atoms in total. The number of thiophene rings is 1. The Bertz CT molecular complexity index is 1310. The van der Waals surface area contributed by atoms with E-state index in [1.165, 1.54) is 17.5 Å². The fourth-order valence-corrected chi connectivity index (χ4v) is 4.46. The van der Waals surface area contributed by atoms with Crippen molar-refractivity contribution in [2.45, 2.75) is 19.2 Å². The maximum absolute atomic E-state index is 13.0. The summed E-state index contributed by atoms with van der Waals surface area (Å²) in [6.45, 7) is 1.12. The molecule has 0 saturated carbocycles. The molecule has 3 heterocycles. The minimum absolute atomic E-state index is 0.0489. The number of rotatable bonds is 8. The smallest absolute Gasteiger partial charge is 0.257 e. The normalized spacial score (nSPS) is 12.4. The molecule has 4 rings (SSSR count). The molecule has 172 valence electrons.